The van der Waals surface area contributed by atoms with Crippen LogP contribution in [0, 0.1) is 5.92 Å². The average molecular weight is 356 g/mol. The molecule has 0 saturated heterocycles. The van der Waals surface area contributed by atoms with Crippen LogP contribution >= 0.6 is 15.9 Å². The van der Waals surface area contributed by atoms with Crippen LogP contribution in [0.5, 0.6) is 11.5 Å². The van der Waals surface area contributed by atoms with Crippen molar-refractivity contribution >= 4 is 15.9 Å². The van der Waals surface area contributed by atoms with Gasteiger partial charge in [0.05, 0.1) is 17.7 Å². The topological polar surface area (TPSA) is 30.5 Å². The summed E-state index contributed by atoms with van der Waals surface area (Å²) in [5.74, 6) is 2.46. The van der Waals surface area contributed by atoms with Gasteiger partial charge >= 0.3 is 0 Å². The van der Waals surface area contributed by atoms with E-state index in [9.17, 15) is 0 Å². The lowest BCUT2D eigenvalue weighted by atomic mass is 10.0. The fourth-order valence-corrected chi connectivity index (χ4v) is 2.97. The van der Waals surface area contributed by atoms with Gasteiger partial charge in [-0.25, -0.2) is 0 Å². The first kappa shape index (κ1) is 16.6. The molecule has 1 N–H and O–H groups in total. The molecule has 0 aromatic heterocycles. The van der Waals surface area contributed by atoms with E-state index in [1.807, 2.05) is 0 Å². The highest BCUT2D eigenvalue weighted by Crippen LogP contribution is 2.38. The molecule has 3 nitrogen and oxygen atoms in total. The monoisotopic (exact) mass is 355 g/mol. The third-order valence-electron chi connectivity index (χ3n) is 3.69. The maximum absolute atomic E-state index is 5.77. The second-order valence-electron chi connectivity index (χ2n) is 6.21. The molecule has 1 aliphatic rings. The summed E-state index contributed by atoms with van der Waals surface area (Å²) in [6, 6.07) is 4.74. The Bertz CT molecular complexity index is 462. The van der Waals surface area contributed by atoms with E-state index < -0.39 is 0 Å². The van der Waals surface area contributed by atoms with Crippen LogP contribution in [0.15, 0.2) is 16.6 Å². The van der Waals surface area contributed by atoms with Crippen molar-refractivity contribution in [2.45, 2.75) is 52.6 Å². The Morgan fingerprint density at radius 3 is 2.67 bits per heavy atom. The normalized spacial score (nSPS) is 15.9. The van der Waals surface area contributed by atoms with Crippen LogP contribution in [0.3, 0.4) is 0 Å². The average Bonchev–Trinajstić information content (AvgIpc) is 2.68. The minimum Gasteiger partial charge on any atom is -0.490 e. The SMILES string of the molecule is CC(C)CCC(C)NCc1cc(Br)c2c(c1)OCCCO2. The number of hydrogen-bond acceptors (Lipinski definition) is 3. The number of fused-ring (bicyclic) bond motifs is 1. The molecule has 0 saturated carbocycles. The largest absolute Gasteiger partial charge is 0.490 e. The van der Waals surface area contributed by atoms with Crippen molar-refractivity contribution in [2.75, 3.05) is 13.2 Å². The van der Waals surface area contributed by atoms with Crippen molar-refractivity contribution in [2.24, 2.45) is 5.92 Å². The minimum absolute atomic E-state index is 0.530. The van der Waals surface area contributed by atoms with E-state index in [-0.39, 0.29) is 0 Å². The molecule has 0 aliphatic carbocycles. The van der Waals surface area contributed by atoms with Gasteiger partial charge in [0.25, 0.3) is 0 Å². The van der Waals surface area contributed by atoms with Crippen LogP contribution in [0.25, 0.3) is 0 Å². The molecule has 1 aliphatic heterocycles. The van der Waals surface area contributed by atoms with Crippen LogP contribution in [0.2, 0.25) is 0 Å². The van der Waals surface area contributed by atoms with Crippen LogP contribution in [0.1, 0.15) is 45.6 Å². The van der Waals surface area contributed by atoms with Gasteiger partial charge in [0.15, 0.2) is 11.5 Å². The van der Waals surface area contributed by atoms with E-state index >= 15 is 0 Å². The molecule has 0 amide bonds. The summed E-state index contributed by atoms with van der Waals surface area (Å²) in [6.07, 6.45) is 3.41. The second-order valence-corrected chi connectivity index (χ2v) is 7.06. The van der Waals surface area contributed by atoms with Crippen LogP contribution in [-0.4, -0.2) is 19.3 Å². The van der Waals surface area contributed by atoms with Crippen molar-refractivity contribution in [1.29, 1.82) is 0 Å². The molecule has 118 valence electrons. The molecular weight excluding hydrogens is 330 g/mol. The molecule has 1 aromatic rings. The minimum atomic E-state index is 0.530. The molecule has 1 heterocycles. The summed E-state index contributed by atoms with van der Waals surface area (Å²) >= 11 is 3.59. The van der Waals surface area contributed by atoms with Gasteiger partial charge in [-0.15, -0.1) is 0 Å². The predicted molar refractivity (Wildman–Crippen MR) is 90.1 cm³/mol. The predicted octanol–water partition coefficient (Wildman–Crippen LogP) is 4.52. The van der Waals surface area contributed by atoms with Gasteiger partial charge < -0.3 is 14.8 Å². The lowest BCUT2D eigenvalue weighted by Gasteiger charge is -2.16. The molecule has 0 radical (unpaired) electrons. The number of hydrogen-bond donors (Lipinski definition) is 1. The molecule has 21 heavy (non-hydrogen) atoms. The fourth-order valence-electron chi connectivity index (χ4n) is 2.36. The van der Waals surface area contributed by atoms with Crippen molar-refractivity contribution in [3.63, 3.8) is 0 Å². The van der Waals surface area contributed by atoms with Gasteiger partial charge in [-0.05, 0) is 59.3 Å². The molecule has 0 fully saturated rings. The Kier molecular flexibility index (Phi) is 6.37. The maximum Gasteiger partial charge on any atom is 0.175 e. The zero-order valence-electron chi connectivity index (χ0n) is 13.2. The Morgan fingerprint density at radius 2 is 1.90 bits per heavy atom. The third-order valence-corrected chi connectivity index (χ3v) is 4.28. The zero-order valence-corrected chi connectivity index (χ0v) is 14.8. The zero-order chi connectivity index (χ0) is 15.2. The van der Waals surface area contributed by atoms with Gasteiger partial charge in [-0.3, -0.25) is 0 Å². The van der Waals surface area contributed by atoms with E-state index in [1.54, 1.807) is 0 Å². The number of halogens is 1. The first-order valence-electron chi connectivity index (χ1n) is 7.87. The Hall–Kier alpha value is -0.740. The molecule has 0 spiro atoms. The lowest BCUT2D eigenvalue weighted by Crippen LogP contribution is -2.25. The van der Waals surface area contributed by atoms with Crippen molar-refractivity contribution in [3.05, 3.63) is 22.2 Å². The highest BCUT2D eigenvalue weighted by molar-refractivity contribution is 9.10. The highest BCUT2D eigenvalue weighted by atomic mass is 79.9. The summed E-state index contributed by atoms with van der Waals surface area (Å²) in [5.41, 5.74) is 1.22. The summed E-state index contributed by atoms with van der Waals surface area (Å²) in [7, 11) is 0. The van der Waals surface area contributed by atoms with Crippen molar-refractivity contribution in [3.8, 4) is 11.5 Å². The fraction of sp³-hybridized carbons (Fsp3) is 0.647. The van der Waals surface area contributed by atoms with E-state index in [0.29, 0.717) is 6.04 Å². The molecular formula is C17H26BrNO2. The van der Waals surface area contributed by atoms with Gasteiger partial charge in [0, 0.05) is 19.0 Å². The Balaban J connectivity index is 1.95. The molecule has 1 aromatic carbocycles. The summed E-state index contributed by atoms with van der Waals surface area (Å²) in [4.78, 5) is 0. The van der Waals surface area contributed by atoms with Gasteiger partial charge in [-0.1, -0.05) is 13.8 Å². The molecule has 0 bridgehead atoms. The van der Waals surface area contributed by atoms with E-state index in [1.165, 1.54) is 18.4 Å². The quantitative estimate of drug-likeness (QED) is 0.813. The smallest absolute Gasteiger partial charge is 0.175 e. The first-order chi connectivity index (χ1) is 10.1. The molecule has 1 unspecified atom stereocenters. The lowest BCUT2D eigenvalue weighted by molar-refractivity contribution is 0.296. The number of nitrogens with one attached hydrogen (secondary N) is 1. The first-order valence-corrected chi connectivity index (χ1v) is 8.67. The number of benzene rings is 1. The van der Waals surface area contributed by atoms with Gasteiger partial charge in [-0.2, -0.15) is 0 Å². The molecule has 4 heteroatoms. The van der Waals surface area contributed by atoms with Gasteiger partial charge in [0.1, 0.15) is 0 Å². The second kappa shape index (κ2) is 8.04. The number of rotatable bonds is 6. The maximum atomic E-state index is 5.77. The number of ether oxygens (including phenoxy) is 2. The van der Waals surface area contributed by atoms with E-state index in [2.05, 4.69) is 54.2 Å². The van der Waals surface area contributed by atoms with Crippen LogP contribution in [-0.2, 0) is 6.54 Å². The molecule has 1 atom stereocenters. The Morgan fingerprint density at radius 1 is 1.14 bits per heavy atom. The van der Waals surface area contributed by atoms with E-state index in [0.717, 1.165) is 48.1 Å². The van der Waals surface area contributed by atoms with Crippen LogP contribution in [0.4, 0.5) is 0 Å². The van der Waals surface area contributed by atoms with Crippen molar-refractivity contribution in [1.82, 2.24) is 5.32 Å². The van der Waals surface area contributed by atoms with Crippen molar-refractivity contribution < 1.29 is 9.47 Å². The summed E-state index contributed by atoms with van der Waals surface area (Å²) in [5, 5.41) is 3.59. The van der Waals surface area contributed by atoms with Crippen LogP contribution < -0.4 is 14.8 Å². The highest BCUT2D eigenvalue weighted by Gasteiger charge is 2.15. The summed E-state index contributed by atoms with van der Waals surface area (Å²) in [6.45, 7) is 9.09. The van der Waals surface area contributed by atoms with E-state index in [4.69, 9.17) is 9.47 Å². The molecule has 2 rings (SSSR count). The van der Waals surface area contributed by atoms with Gasteiger partial charge in [0.2, 0.25) is 0 Å². The summed E-state index contributed by atoms with van der Waals surface area (Å²) < 4.78 is 12.5. The standard InChI is InChI=1S/C17H26BrNO2/c1-12(2)5-6-13(3)19-11-14-9-15(18)17-16(10-14)20-7-4-8-21-17/h9-10,12-13,19H,4-8,11H2,1-3H3. The third kappa shape index (κ3) is 5.19. The Labute approximate surface area is 136 Å².